The lowest BCUT2D eigenvalue weighted by atomic mass is 10.4. The van der Waals surface area contributed by atoms with Gasteiger partial charge in [-0.25, -0.2) is 0 Å². The predicted octanol–water partition coefficient (Wildman–Crippen LogP) is 0.855. The molecule has 0 radical (unpaired) electrons. The molecule has 0 heterocycles. The number of hydrogen-bond acceptors (Lipinski definition) is 3. The van der Waals surface area contributed by atoms with Crippen LogP contribution in [-0.4, -0.2) is 10.9 Å². The normalized spacial score (nSPS) is 12.7. The Hall–Kier alpha value is -0.800. The van der Waals surface area contributed by atoms with Gasteiger partial charge in [0.25, 0.3) is 0 Å². The van der Waals surface area contributed by atoms with Crippen molar-refractivity contribution in [2.45, 2.75) is 19.9 Å². The van der Waals surface area contributed by atoms with Crippen LogP contribution in [0.15, 0.2) is 5.28 Å². The van der Waals surface area contributed by atoms with Gasteiger partial charge >= 0.3 is 0 Å². The van der Waals surface area contributed by atoms with Crippen molar-refractivity contribution < 1.29 is 4.86 Å². The van der Waals surface area contributed by atoms with Crippen LogP contribution in [0.4, 0.5) is 0 Å². The fraction of sp³-hybridized carbons (Fsp3) is 1.00. The third kappa shape index (κ3) is 1.97. The van der Waals surface area contributed by atoms with Crippen molar-refractivity contribution in [3.05, 3.63) is 10.4 Å². The van der Waals surface area contributed by atoms with Crippen molar-refractivity contribution in [1.82, 2.24) is 0 Å². The Morgan fingerprint density at radius 2 is 2.00 bits per heavy atom. The Morgan fingerprint density at radius 1 is 1.57 bits per heavy atom. The van der Waals surface area contributed by atoms with Crippen LogP contribution in [0.3, 0.4) is 0 Å². The van der Waals surface area contributed by atoms with E-state index in [1.807, 2.05) is 0 Å². The summed E-state index contributed by atoms with van der Waals surface area (Å²) >= 11 is 0. The zero-order valence-corrected chi connectivity index (χ0v) is 4.29. The van der Waals surface area contributed by atoms with Gasteiger partial charge < -0.3 is 10.4 Å². The first-order chi connectivity index (χ1) is 3.18. The van der Waals surface area contributed by atoms with Crippen LogP contribution >= 0.6 is 0 Å². The summed E-state index contributed by atoms with van der Waals surface area (Å²) in [7, 11) is 0. The Bertz CT molecular complexity index is 79.0. The molecule has 0 N–H and O–H groups in total. The van der Waals surface area contributed by atoms with Gasteiger partial charge in [0.1, 0.15) is 0 Å². The van der Waals surface area contributed by atoms with E-state index in [4.69, 9.17) is 0 Å². The van der Waals surface area contributed by atoms with E-state index in [-0.39, 0.29) is 10.9 Å². The third-order valence-corrected chi connectivity index (χ3v) is 0.522. The first-order valence-corrected chi connectivity index (χ1v) is 1.98. The van der Waals surface area contributed by atoms with Gasteiger partial charge in [-0.15, -0.1) is 0 Å². The average molecular weight is 103 g/mol. The molecule has 0 amide bonds. The van der Waals surface area contributed by atoms with Crippen LogP contribution in [-0.2, 0) is 0 Å². The minimum atomic E-state index is -0.336. The van der Waals surface area contributed by atoms with E-state index in [1.165, 1.54) is 0 Å². The van der Waals surface area contributed by atoms with Crippen molar-refractivity contribution >= 4 is 0 Å². The van der Waals surface area contributed by atoms with E-state index in [2.05, 4.69) is 5.28 Å². The van der Waals surface area contributed by atoms with Gasteiger partial charge in [0.15, 0.2) is 6.04 Å². The number of rotatable bonds is 1. The zero-order valence-electron chi connectivity index (χ0n) is 4.29. The molecular weight excluding hydrogens is 96.0 g/mol. The van der Waals surface area contributed by atoms with Gasteiger partial charge in [0.2, 0.25) is 0 Å². The lowest BCUT2D eigenvalue weighted by molar-refractivity contribution is -0.556. The van der Waals surface area contributed by atoms with Crippen LogP contribution in [0.2, 0.25) is 0 Å². The van der Waals surface area contributed by atoms with E-state index in [1.54, 1.807) is 13.8 Å². The molecule has 0 aliphatic rings. The van der Waals surface area contributed by atoms with Gasteiger partial charge in [0.05, 0.1) is 0 Å². The highest BCUT2D eigenvalue weighted by Gasteiger charge is 1.95. The molecule has 4 nitrogen and oxygen atoms in total. The smallest absolute Gasteiger partial charge is 0.184 e. The molecule has 0 fully saturated rings. The number of hydrogen-bond donors (Lipinski definition) is 0. The van der Waals surface area contributed by atoms with Crippen LogP contribution in [0.25, 0.3) is 0 Å². The fourth-order valence-electron chi connectivity index (χ4n) is 0.0943. The zero-order chi connectivity index (χ0) is 5.86. The minimum absolute atomic E-state index is 0.111. The van der Waals surface area contributed by atoms with Crippen LogP contribution in [0, 0.1) is 10.4 Å². The summed E-state index contributed by atoms with van der Waals surface area (Å²) in [6, 6.07) is -0.336. The molecule has 0 aliphatic heterocycles. The molecule has 0 aromatic heterocycles. The average Bonchev–Trinajstić information content (AvgIpc) is 1.65. The quantitative estimate of drug-likeness (QED) is 0.280. The molecule has 0 saturated carbocycles. The second-order valence-electron chi connectivity index (χ2n) is 1.48. The second-order valence-corrected chi connectivity index (χ2v) is 1.48. The van der Waals surface area contributed by atoms with E-state index in [0.29, 0.717) is 0 Å². The number of nitrogens with zero attached hydrogens (tertiary/aromatic N) is 2. The van der Waals surface area contributed by atoms with Gasteiger partial charge in [-0.1, -0.05) is 4.86 Å². The van der Waals surface area contributed by atoms with E-state index in [0.717, 1.165) is 0 Å². The summed E-state index contributed by atoms with van der Waals surface area (Å²) < 4.78 is 0. The molecular formula is C3H7N2O2-. The van der Waals surface area contributed by atoms with Crippen LogP contribution in [0.5, 0.6) is 0 Å². The summed E-state index contributed by atoms with van der Waals surface area (Å²) in [6.45, 7) is 3.18. The molecule has 0 bridgehead atoms. The maximum atomic E-state index is 9.95. The topological polar surface area (TPSA) is 61.5 Å². The van der Waals surface area contributed by atoms with E-state index < -0.39 is 0 Å². The molecule has 4 heteroatoms. The summed E-state index contributed by atoms with van der Waals surface area (Å²) in [5, 5.41) is 21.4. The summed E-state index contributed by atoms with van der Waals surface area (Å²) in [4.78, 5) is 0.111. The van der Waals surface area contributed by atoms with Crippen molar-refractivity contribution in [3.8, 4) is 0 Å². The maximum Gasteiger partial charge on any atom is 0.184 e. The highest BCUT2D eigenvalue weighted by atomic mass is 16.6. The minimum Gasteiger partial charge on any atom is -0.739 e. The fourth-order valence-corrected chi connectivity index (χ4v) is 0.0943. The Labute approximate surface area is 41.6 Å². The molecule has 0 unspecified atom stereocenters. The van der Waals surface area contributed by atoms with Crippen molar-refractivity contribution in [2.75, 3.05) is 0 Å². The summed E-state index contributed by atoms with van der Waals surface area (Å²) in [5.41, 5.74) is 0. The van der Waals surface area contributed by atoms with Gasteiger partial charge in [-0.3, -0.25) is 0 Å². The lowest BCUT2D eigenvalue weighted by Gasteiger charge is -2.03. The van der Waals surface area contributed by atoms with E-state index >= 15 is 0 Å². The van der Waals surface area contributed by atoms with Crippen molar-refractivity contribution in [2.24, 2.45) is 5.28 Å². The molecule has 0 aromatic rings. The third-order valence-electron chi connectivity index (χ3n) is 0.522. The SMILES string of the molecule is CC(C)/[N+]([O-])=N/[O-]. The molecule has 42 valence electrons. The monoisotopic (exact) mass is 103 g/mol. The van der Waals surface area contributed by atoms with Crippen molar-refractivity contribution in [3.63, 3.8) is 0 Å². The van der Waals surface area contributed by atoms with Crippen LogP contribution < -0.4 is 0 Å². The summed E-state index contributed by atoms with van der Waals surface area (Å²) in [6.07, 6.45) is 0. The molecule has 0 saturated heterocycles. The highest BCUT2D eigenvalue weighted by Crippen LogP contribution is 1.84. The number of hydroxylamine groups is 1. The summed E-state index contributed by atoms with van der Waals surface area (Å²) in [5.74, 6) is 0. The molecule has 7 heavy (non-hydrogen) atoms. The first-order valence-electron chi connectivity index (χ1n) is 1.98. The molecule has 0 aromatic carbocycles. The molecule has 0 spiro atoms. The Morgan fingerprint density at radius 3 is 2.00 bits per heavy atom. The largest absolute Gasteiger partial charge is 0.739 e. The van der Waals surface area contributed by atoms with Gasteiger partial charge in [0, 0.05) is 13.8 Å². The molecule has 0 aliphatic carbocycles. The van der Waals surface area contributed by atoms with Crippen LogP contribution in [0.1, 0.15) is 13.8 Å². The molecule has 0 rings (SSSR count). The predicted molar refractivity (Wildman–Crippen MR) is 24.6 cm³/mol. The first kappa shape index (κ1) is 6.20. The van der Waals surface area contributed by atoms with E-state index in [9.17, 15) is 10.4 Å². The highest BCUT2D eigenvalue weighted by molar-refractivity contribution is 4.29. The molecule has 0 atom stereocenters. The van der Waals surface area contributed by atoms with Crippen molar-refractivity contribution in [1.29, 1.82) is 0 Å². The van der Waals surface area contributed by atoms with Gasteiger partial charge in [-0.05, 0) is 5.28 Å². The lowest BCUT2D eigenvalue weighted by Crippen LogP contribution is -2.09. The standard InChI is InChI=1S/C3H8N2O2/c1-3(2)5(7)4-6/h3,6H,1-2H3/p-1/b5-4-. The second kappa shape index (κ2) is 2.39. The van der Waals surface area contributed by atoms with Gasteiger partial charge in [-0.2, -0.15) is 0 Å². The Kier molecular flexibility index (Phi) is 2.11. The maximum absolute atomic E-state index is 9.95. The Balaban J connectivity index is 3.56.